The maximum absolute atomic E-state index is 13.7. The van der Waals surface area contributed by atoms with E-state index >= 15 is 0 Å². The van der Waals surface area contributed by atoms with Crippen molar-refractivity contribution < 1.29 is 23.5 Å². The molecule has 2 aliphatic rings. The number of fused-ring (bicyclic) bond motifs is 4. The summed E-state index contributed by atoms with van der Waals surface area (Å²) in [4.78, 5) is 29.1. The predicted octanol–water partition coefficient (Wildman–Crippen LogP) is 4.54. The van der Waals surface area contributed by atoms with E-state index in [0.717, 1.165) is 22.5 Å². The van der Waals surface area contributed by atoms with Crippen LogP contribution in [0.1, 0.15) is 64.4 Å². The lowest BCUT2D eigenvalue weighted by Gasteiger charge is -2.45. The van der Waals surface area contributed by atoms with Crippen LogP contribution in [0, 0.1) is 6.92 Å². The van der Waals surface area contributed by atoms with Gasteiger partial charge < -0.3 is 24.1 Å². The molecule has 0 saturated carbocycles. The lowest BCUT2D eigenvalue weighted by molar-refractivity contribution is -0.124. The van der Waals surface area contributed by atoms with Crippen LogP contribution in [0.15, 0.2) is 52.9 Å². The van der Waals surface area contributed by atoms with Gasteiger partial charge in [-0.2, -0.15) is 0 Å². The number of nitrogens with zero attached hydrogens (tertiary/aromatic N) is 1. The second-order valence-corrected chi connectivity index (χ2v) is 8.85. The zero-order chi connectivity index (χ0) is 24.5. The molecule has 0 radical (unpaired) electrons. The number of carbonyl (C=O) groups excluding carboxylic acids is 2. The van der Waals surface area contributed by atoms with Crippen LogP contribution < -0.4 is 14.8 Å². The van der Waals surface area contributed by atoms with Gasteiger partial charge in [0.1, 0.15) is 11.5 Å². The van der Waals surface area contributed by atoms with Crippen LogP contribution in [0.5, 0.6) is 11.5 Å². The van der Waals surface area contributed by atoms with Gasteiger partial charge in [0.25, 0.3) is 5.91 Å². The molecule has 0 fully saturated rings. The summed E-state index contributed by atoms with van der Waals surface area (Å²) in [6, 6.07) is 14.7. The Kier molecular flexibility index (Phi) is 6.24. The molecule has 5 rings (SSSR count). The first-order chi connectivity index (χ1) is 17.0. The fourth-order valence-corrected chi connectivity index (χ4v) is 5.22. The Morgan fingerprint density at radius 2 is 1.80 bits per heavy atom. The second kappa shape index (κ2) is 9.49. The maximum Gasteiger partial charge on any atom is 0.254 e. The first-order valence-corrected chi connectivity index (χ1v) is 12.2. The highest BCUT2D eigenvalue weighted by Gasteiger charge is 2.46. The van der Waals surface area contributed by atoms with Crippen LogP contribution in [0.25, 0.3) is 0 Å². The summed E-state index contributed by atoms with van der Waals surface area (Å²) in [5.74, 6) is 2.05. The molecule has 3 aromatic rings. The zero-order valence-electron chi connectivity index (χ0n) is 20.3. The van der Waals surface area contributed by atoms with Crippen LogP contribution in [-0.2, 0) is 17.8 Å². The third-order valence-electron chi connectivity index (χ3n) is 6.70. The highest BCUT2D eigenvalue weighted by atomic mass is 16.5. The molecule has 2 aliphatic heterocycles. The minimum atomic E-state index is -0.563. The van der Waals surface area contributed by atoms with Gasteiger partial charge in [0.05, 0.1) is 31.7 Å². The quantitative estimate of drug-likeness (QED) is 0.544. The number of hydrogen-bond acceptors (Lipinski definition) is 5. The minimum Gasteiger partial charge on any atom is -0.490 e. The average molecular weight is 475 g/mol. The minimum absolute atomic E-state index is 0.0474. The normalized spacial score (nSPS) is 18.4. The largest absolute Gasteiger partial charge is 0.490 e. The van der Waals surface area contributed by atoms with Crippen LogP contribution in [0.2, 0.25) is 0 Å². The smallest absolute Gasteiger partial charge is 0.254 e. The van der Waals surface area contributed by atoms with Gasteiger partial charge in [-0.1, -0.05) is 18.2 Å². The van der Waals surface area contributed by atoms with Crippen molar-refractivity contribution in [3.63, 3.8) is 0 Å². The van der Waals surface area contributed by atoms with Crippen molar-refractivity contribution in [3.8, 4) is 11.5 Å². The molecule has 2 aromatic carbocycles. The van der Waals surface area contributed by atoms with E-state index < -0.39 is 12.0 Å². The van der Waals surface area contributed by atoms with E-state index in [4.69, 9.17) is 13.9 Å². The Morgan fingerprint density at radius 3 is 2.51 bits per heavy atom. The number of hydrogen-bond donors (Lipinski definition) is 1. The summed E-state index contributed by atoms with van der Waals surface area (Å²) in [6.45, 7) is 7.57. The molecule has 35 heavy (non-hydrogen) atoms. The number of amides is 2. The van der Waals surface area contributed by atoms with E-state index in [9.17, 15) is 9.59 Å². The summed E-state index contributed by atoms with van der Waals surface area (Å²) in [5.41, 5.74) is 3.33. The number of aryl methyl sites for hydroxylation is 1. The molecule has 2 amide bonds. The molecule has 182 valence electrons. The highest BCUT2D eigenvalue weighted by Crippen LogP contribution is 2.48. The highest BCUT2D eigenvalue weighted by molar-refractivity contribution is 6.01. The van der Waals surface area contributed by atoms with Crippen molar-refractivity contribution in [2.75, 3.05) is 19.8 Å². The first-order valence-electron chi connectivity index (χ1n) is 12.2. The second-order valence-electron chi connectivity index (χ2n) is 8.85. The van der Waals surface area contributed by atoms with E-state index in [-0.39, 0.29) is 18.4 Å². The number of benzene rings is 2. The maximum atomic E-state index is 13.7. The predicted molar refractivity (Wildman–Crippen MR) is 131 cm³/mol. The number of furan rings is 1. The van der Waals surface area contributed by atoms with Gasteiger partial charge in [0, 0.05) is 12.1 Å². The first kappa shape index (κ1) is 23.0. The number of rotatable bonds is 7. The molecule has 0 aliphatic carbocycles. The van der Waals surface area contributed by atoms with Gasteiger partial charge in [-0.15, -0.1) is 0 Å². The lowest BCUT2D eigenvalue weighted by Crippen LogP contribution is -2.50. The third-order valence-corrected chi connectivity index (χ3v) is 6.70. The topological polar surface area (TPSA) is 81.0 Å². The number of nitrogens with one attached hydrogen (secondary N) is 1. The molecule has 0 saturated heterocycles. The fraction of sp³-hybridized carbons (Fsp3) is 0.357. The van der Waals surface area contributed by atoms with E-state index in [1.807, 2.05) is 74.2 Å². The van der Waals surface area contributed by atoms with Gasteiger partial charge in [-0.25, -0.2) is 0 Å². The van der Waals surface area contributed by atoms with Gasteiger partial charge in [0.2, 0.25) is 5.91 Å². The summed E-state index contributed by atoms with van der Waals surface area (Å²) in [6.07, 6.45) is 0.687. The van der Waals surface area contributed by atoms with Crippen molar-refractivity contribution >= 4 is 11.8 Å². The van der Waals surface area contributed by atoms with E-state index in [0.29, 0.717) is 49.0 Å². The summed E-state index contributed by atoms with van der Waals surface area (Å²) in [5, 5.41) is 3.05. The van der Waals surface area contributed by atoms with E-state index in [1.54, 1.807) is 0 Å². The van der Waals surface area contributed by atoms with Crippen molar-refractivity contribution in [3.05, 3.63) is 82.3 Å². The Labute approximate surface area is 205 Å². The Hall–Kier alpha value is -3.74. The standard InChI is InChI=1S/C28H30N2O5/c1-4-33-23-14-18-12-13-30-26(22(18)15-24(23)34-5-2)25(20-8-6-7-9-21(20)28(30)32)27(31)29-16-19-11-10-17(3)35-19/h6-11,14-15,25-26H,4-5,12-13,16H2,1-3H3,(H,29,31)/t25-,26-/m1/s1. The van der Waals surface area contributed by atoms with Gasteiger partial charge >= 0.3 is 0 Å². The van der Waals surface area contributed by atoms with E-state index in [1.165, 1.54) is 0 Å². The van der Waals surface area contributed by atoms with Crippen LogP contribution in [-0.4, -0.2) is 36.5 Å². The Balaban J connectivity index is 1.58. The van der Waals surface area contributed by atoms with Crippen LogP contribution in [0.3, 0.4) is 0 Å². The summed E-state index contributed by atoms with van der Waals surface area (Å²) >= 11 is 0. The summed E-state index contributed by atoms with van der Waals surface area (Å²) in [7, 11) is 0. The monoisotopic (exact) mass is 474 g/mol. The van der Waals surface area contributed by atoms with Gasteiger partial charge in [0.15, 0.2) is 11.5 Å². The van der Waals surface area contributed by atoms with Gasteiger partial charge in [-0.05, 0) is 74.2 Å². The SMILES string of the molecule is CCOc1cc2c(cc1OCC)[C@@H]1[C@H](C(=O)NCc3ccc(C)o3)c3ccccc3C(=O)N1CC2. The summed E-state index contributed by atoms with van der Waals surface area (Å²) < 4.78 is 17.4. The molecule has 7 nitrogen and oxygen atoms in total. The fourth-order valence-electron chi connectivity index (χ4n) is 5.22. The number of ether oxygens (including phenoxy) is 2. The van der Waals surface area contributed by atoms with Crippen molar-refractivity contribution in [1.29, 1.82) is 0 Å². The van der Waals surface area contributed by atoms with Crippen LogP contribution in [0.4, 0.5) is 0 Å². The molecule has 0 bridgehead atoms. The molecular weight excluding hydrogens is 444 g/mol. The van der Waals surface area contributed by atoms with Crippen LogP contribution >= 0.6 is 0 Å². The lowest BCUT2D eigenvalue weighted by atomic mass is 9.75. The van der Waals surface area contributed by atoms with Crippen molar-refractivity contribution in [1.82, 2.24) is 10.2 Å². The molecule has 0 unspecified atom stereocenters. The molecule has 0 spiro atoms. The molecule has 1 aromatic heterocycles. The van der Waals surface area contributed by atoms with Crippen molar-refractivity contribution in [2.24, 2.45) is 0 Å². The molecule has 2 atom stereocenters. The molecule has 7 heteroatoms. The molecule has 1 N–H and O–H groups in total. The average Bonchev–Trinajstić information content (AvgIpc) is 3.28. The van der Waals surface area contributed by atoms with E-state index in [2.05, 4.69) is 5.32 Å². The third kappa shape index (κ3) is 4.16. The van der Waals surface area contributed by atoms with Crippen molar-refractivity contribution in [2.45, 2.75) is 45.7 Å². The Bertz CT molecular complexity index is 1260. The Morgan fingerprint density at radius 1 is 1.06 bits per heavy atom. The molecule has 3 heterocycles. The number of carbonyl (C=O) groups is 2. The molecular formula is C28H30N2O5. The zero-order valence-corrected chi connectivity index (χ0v) is 20.3. The van der Waals surface area contributed by atoms with Gasteiger partial charge in [-0.3, -0.25) is 9.59 Å².